The predicted octanol–water partition coefficient (Wildman–Crippen LogP) is 4.38. The highest BCUT2D eigenvalue weighted by Gasteiger charge is 2.22. The second-order valence-corrected chi connectivity index (χ2v) is 5.74. The summed E-state index contributed by atoms with van der Waals surface area (Å²) in [5.41, 5.74) is 6.47. The maximum atomic E-state index is 6.39. The van der Waals surface area contributed by atoms with Gasteiger partial charge in [0.15, 0.2) is 0 Å². The maximum absolute atomic E-state index is 6.39. The van der Waals surface area contributed by atoms with Gasteiger partial charge in [0.2, 0.25) is 0 Å². The van der Waals surface area contributed by atoms with Crippen LogP contribution in [0.3, 0.4) is 0 Å². The molecule has 0 aromatic heterocycles. The monoisotopic (exact) mass is 275 g/mol. The minimum atomic E-state index is 0.0825. The van der Waals surface area contributed by atoms with Crippen molar-refractivity contribution in [3.8, 4) is 0 Å². The van der Waals surface area contributed by atoms with E-state index >= 15 is 0 Å². The van der Waals surface area contributed by atoms with Crippen LogP contribution in [0, 0.1) is 0 Å². The second-order valence-electron chi connectivity index (χ2n) is 5.18. The Balaban J connectivity index is 2.32. The van der Waals surface area contributed by atoms with Crippen molar-refractivity contribution in [2.24, 2.45) is 5.73 Å². The van der Waals surface area contributed by atoms with Gasteiger partial charge in [-0.05, 0) is 12.8 Å². The van der Waals surface area contributed by atoms with Crippen molar-refractivity contribution in [3.05, 3.63) is 0 Å². The Labute approximate surface area is 103 Å². The summed E-state index contributed by atoms with van der Waals surface area (Å²) in [6.07, 6.45) is 15.0. The molecule has 0 radical (unpaired) electrons. The highest BCUT2D eigenvalue weighted by molar-refractivity contribution is 9.09. The van der Waals surface area contributed by atoms with Gasteiger partial charge in [-0.25, -0.2) is 0 Å². The first-order valence-electron chi connectivity index (χ1n) is 6.62. The smallest absolute Gasteiger partial charge is 0.0252 e. The third-order valence-corrected chi connectivity index (χ3v) is 4.73. The van der Waals surface area contributed by atoms with Crippen LogP contribution in [0.1, 0.15) is 70.6 Å². The average Bonchev–Trinajstić information content (AvgIpc) is 2.23. The van der Waals surface area contributed by atoms with Gasteiger partial charge in [0, 0.05) is 10.9 Å². The van der Waals surface area contributed by atoms with Crippen LogP contribution in [0.25, 0.3) is 0 Å². The Kier molecular flexibility index (Phi) is 6.91. The fourth-order valence-corrected chi connectivity index (χ4v) is 3.01. The molecule has 0 saturated heterocycles. The van der Waals surface area contributed by atoms with Crippen molar-refractivity contribution in [3.63, 3.8) is 0 Å². The summed E-state index contributed by atoms with van der Waals surface area (Å²) in [5.74, 6) is 0. The van der Waals surface area contributed by atoms with Crippen LogP contribution in [0.15, 0.2) is 0 Å². The summed E-state index contributed by atoms with van der Waals surface area (Å²) in [6.45, 7) is 0. The highest BCUT2D eigenvalue weighted by atomic mass is 79.9. The molecule has 0 heterocycles. The molecule has 1 rings (SSSR count). The summed E-state index contributed by atoms with van der Waals surface area (Å²) in [4.78, 5) is 0. The van der Waals surface area contributed by atoms with Gasteiger partial charge in [0.05, 0.1) is 0 Å². The van der Waals surface area contributed by atoms with Gasteiger partial charge < -0.3 is 5.73 Å². The number of nitrogens with two attached hydrogens (primary N) is 1. The van der Waals surface area contributed by atoms with Gasteiger partial charge in [-0.15, -0.1) is 0 Å². The molecular formula is C13H26BrN. The lowest BCUT2D eigenvalue weighted by Crippen LogP contribution is -2.41. The molecule has 2 N–H and O–H groups in total. The molecule has 0 unspecified atom stereocenters. The van der Waals surface area contributed by atoms with Gasteiger partial charge in [0.25, 0.3) is 0 Å². The molecule has 1 nitrogen and oxygen atoms in total. The number of hydrogen-bond acceptors (Lipinski definition) is 1. The van der Waals surface area contributed by atoms with E-state index in [1.807, 2.05) is 0 Å². The fourth-order valence-electron chi connectivity index (χ4n) is 2.45. The summed E-state index contributed by atoms with van der Waals surface area (Å²) in [6, 6.07) is 0. The lowest BCUT2D eigenvalue weighted by atomic mass is 9.88. The van der Waals surface area contributed by atoms with Crippen LogP contribution in [0.4, 0.5) is 0 Å². The zero-order chi connectivity index (χ0) is 11.0. The molecule has 1 fully saturated rings. The Morgan fingerprint density at radius 3 is 1.40 bits per heavy atom. The maximum Gasteiger partial charge on any atom is 0.0252 e. The summed E-state index contributed by atoms with van der Waals surface area (Å²) >= 11 is 3.58. The van der Waals surface area contributed by atoms with Gasteiger partial charge in [-0.3, -0.25) is 0 Å². The van der Waals surface area contributed by atoms with Crippen LogP contribution >= 0.6 is 15.9 Å². The molecular weight excluding hydrogens is 250 g/mol. The van der Waals surface area contributed by atoms with E-state index in [0.29, 0.717) is 0 Å². The number of halogens is 1. The van der Waals surface area contributed by atoms with Gasteiger partial charge in [0.1, 0.15) is 0 Å². The first-order valence-corrected chi connectivity index (χ1v) is 7.74. The highest BCUT2D eigenvalue weighted by Crippen LogP contribution is 2.24. The zero-order valence-electron chi connectivity index (χ0n) is 9.94. The van der Waals surface area contributed by atoms with Crippen molar-refractivity contribution in [1.82, 2.24) is 0 Å². The number of rotatable bonds is 1. The lowest BCUT2D eigenvalue weighted by Gasteiger charge is -2.27. The molecule has 15 heavy (non-hydrogen) atoms. The Morgan fingerprint density at radius 2 is 1.07 bits per heavy atom. The molecule has 0 amide bonds. The number of hydrogen-bond donors (Lipinski definition) is 1. The molecule has 0 bridgehead atoms. The molecule has 90 valence electrons. The van der Waals surface area contributed by atoms with Gasteiger partial charge in [-0.1, -0.05) is 73.7 Å². The molecule has 0 aromatic carbocycles. The zero-order valence-corrected chi connectivity index (χ0v) is 11.5. The average molecular weight is 276 g/mol. The van der Waals surface area contributed by atoms with Crippen molar-refractivity contribution >= 4 is 15.9 Å². The third kappa shape index (κ3) is 5.91. The van der Waals surface area contributed by atoms with Crippen LogP contribution in [-0.4, -0.2) is 10.9 Å². The van der Waals surface area contributed by atoms with E-state index in [4.69, 9.17) is 5.73 Å². The Morgan fingerprint density at radius 1 is 0.733 bits per heavy atom. The van der Waals surface area contributed by atoms with Crippen molar-refractivity contribution in [2.45, 2.75) is 76.2 Å². The van der Waals surface area contributed by atoms with Crippen LogP contribution in [0.2, 0.25) is 0 Å². The first-order chi connectivity index (χ1) is 7.27. The summed E-state index contributed by atoms with van der Waals surface area (Å²) in [7, 11) is 0. The van der Waals surface area contributed by atoms with E-state index in [9.17, 15) is 0 Å². The molecule has 0 aliphatic heterocycles. The third-order valence-electron chi connectivity index (χ3n) is 3.62. The van der Waals surface area contributed by atoms with Crippen LogP contribution in [0.5, 0.6) is 0 Å². The summed E-state index contributed by atoms with van der Waals surface area (Å²) < 4.78 is 0. The molecule has 0 atom stereocenters. The van der Waals surface area contributed by atoms with Crippen LogP contribution < -0.4 is 5.73 Å². The summed E-state index contributed by atoms with van der Waals surface area (Å²) in [5, 5.41) is 0.972. The molecule has 0 aromatic rings. The van der Waals surface area contributed by atoms with E-state index in [2.05, 4.69) is 15.9 Å². The Hall–Kier alpha value is 0.440. The normalized spacial score (nSPS) is 25.2. The predicted molar refractivity (Wildman–Crippen MR) is 71.5 cm³/mol. The molecule has 1 aliphatic carbocycles. The van der Waals surface area contributed by atoms with Crippen LogP contribution in [-0.2, 0) is 0 Å². The van der Waals surface area contributed by atoms with E-state index in [1.165, 1.54) is 70.6 Å². The van der Waals surface area contributed by atoms with E-state index in [1.54, 1.807) is 0 Å². The standard InChI is InChI=1S/C13H26BrN/c14-12-13(15)10-8-6-4-2-1-3-5-7-9-11-13/h1-12,15H2. The van der Waals surface area contributed by atoms with E-state index in [0.717, 1.165) is 5.33 Å². The minimum absolute atomic E-state index is 0.0825. The largest absolute Gasteiger partial charge is 0.324 e. The van der Waals surface area contributed by atoms with Crippen molar-refractivity contribution < 1.29 is 0 Å². The van der Waals surface area contributed by atoms with E-state index in [-0.39, 0.29) is 5.54 Å². The molecule has 1 saturated carbocycles. The van der Waals surface area contributed by atoms with E-state index < -0.39 is 0 Å². The fraction of sp³-hybridized carbons (Fsp3) is 1.00. The van der Waals surface area contributed by atoms with Gasteiger partial charge >= 0.3 is 0 Å². The SMILES string of the molecule is NC1(CBr)CCCCCCCCCCC1. The molecule has 0 spiro atoms. The minimum Gasteiger partial charge on any atom is -0.324 e. The quantitative estimate of drug-likeness (QED) is 0.706. The van der Waals surface area contributed by atoms with Crippen molar-refractivity contribution in [2.75, 3.05) is 5.33 Å². The molecule has 1 aliphatic rings. The first kappa shape index (κ1) is 13.5. The molecule has 2 heteroatoms. The lowest BCUT2D eigenvalue weighted by molar-refractivity contribution is 0.366. The number of alkyl halides is 1. The second kappa shape index (κ2) is 7.67. The topological polar surface area (TPSA) is 26.0 Å². The van der Waals surface area contributed by atoms with Gasteiger partial charge in [-0.2, -0.15) is 0 Å². The van der Waals surface area contributed by atoms with Crippen molar-refractivity contribution in [1.29, 1.82) is 0 Å². The Bertz CT molecular complexity index is 147.